The van der Waals surface area contributed by atoms with Crippen LogP contribution in [0.15, 0.2) is 16.3 Å². The summed E-state index contributed by atoms with van der Waals surface area (Å²) in [4.78, 5) is 0.409. The summed E-state index contributed by atoms with van der Waals surface area (Å²) in [5, 5.41) is 11.8. The minimum Gasteiger partial charge on any atom is -0.315 e. The van der Waals surface area contributed by atoms with Gasteiger partial charge in [0.15, 0.2) is 0 Å². The highest BCUT2D eigenvalue weighted by atomic mass is 32.2. The molecule has 0 amide bonds. The van der Waals surface area contributed by atoms with Crippen molar-refractivity contribution in [1.29, 1.82) is 5.26 Å². The van der Waals surface area contributed by atoms with Crippen molar-refractivity contribution < 1.29 is 8.42 Å². The molecule has 1 fully saturated rings. The van der Waals surface area contributed by atoms with Gasteiger partial charge in [0, 0.05) is 12.6 Å². The van der Waals surface area contributed by atoms with Gasteiger partial charge in [0.1, 0.15) is 15.2 Å². The van der Waals surface area contributed by atoms with Gasteiger partial charge in [0.05, 0.1) is 0 Å². The van der Waals surface area contributed by atoms with Crippen molar-refractivity contribution in [3.63, 3.8) is 0 Å². The summed E-state index contributed by atoms with van der Waals surface area (Å²) >= 11 is 0.996. The third-order valence-electron chi connectivity index (χ3n) is 2.58. The van der Waals surface area contributed by atoms with Gasteiger partial charge >= 0.3 is 0 Å². The molecule has 2 heterocycles. The molecule has 0 bridgehead atoms. The predicted octanol–water partition coefficient (Wildman–Crippen LogP) is 0.650. The van der Waals surface area contributed by atoms with Crippen LogP contribution in [0.2, 0.25) is 0 Å². The lowest BCUT2D eigenvalue weighted by Gasteiger charge is -2.23. The van der Waals surface area contributed by atoms with Gasteiger partial charge < -0.3 is 5.32 Å². The molecule has 0 aliphatic carbocycles. The molecule has 1 aromatic heterocycles. The molecule has 2 rings (SSSR count). The highest BCUT2D eigenvalue weighted by molar-refractivity contribution is 7.91. The Hall–Kier alpha value is -0.940. The quantitative estimate of drug-likeness (QED) is 0.845. The van der Waals surface area contributed by atoms with E-state index in [0.717, 1.165) is 30.7 Å². The van der Waals surface area contributed by atoms with Crippen molar-refractivity contribution in [2.45, 2.75) is 23.1 Å². The first kappa shape index (κ1) is 12.5. The highest BCUT2D eigenvalue weighted by Crippen LogP contribution is 2.21. The Balaban J connectivity index is 2.10. The van der Waals surface area contributed by atoms with E-state index in [0.29, 0.717) is 11.4 Å². The Morgan fingerprint density at radius 1 is 1.53 bits per heavy atom. The molecule has 2 N–H and O–H groups in total. The fraction of sp³-hybridized carbons (Fsp3) is 0.500. The monoisotopic (exact) mass is 271 g/mol. The molecule has 1 aliphatic heterocycles. The number of thiophene rings is 1. The van der Waals surface area contributed by atoms with Crippen molar-refractivity contribution in [2.24, 2.45) is 0 Å². The number of nitrogens with zero attached hydrogens (tertiary/aromatic N) is 1. The molecule has 1 saturated heterocycles. The van der Waals surface area contributed by atoms with Crippen LogP contribution in [-0.2, 0) is 10.0 Å². The number of rotatable bonds is 3. The third-order valence-corrected chi connectivity index (χ3v) is 5.58. The number of sulfonamides is 1. The van der Waals surface area contributed by atoms with Crippen LogP contribution in [0.3, 0.4) is 0 Å². The van der Waals surface area contributed by atoms with E-state index in [1.165, 1.54) is 12.1 Å². The molecular weight excluding hydrogens is 258 g/mol. The first-order valence-corrected chi connectivity index (χ1v) is 7.65. The molecule has 1 aromatic rings. The van der Waals surface area contributed by atoms with Crippen molar-refractivity contribution >= 4 is 21.4 Å². The van der Waals surface area contributed by atoms with Crippen molar-refractivity contribution in [2.75, 3.05) is 13.1 Å². The predicted molar refractivity (Wildman–Crippen MR) is 65.2 cm³/mol. The molecule has 5 nitrogen and oxygen atoms in total. The van der Waals surface area contributed by atoms with Crippen LogP contribution in [0.5, 0.6) is 0 Å². The molecule has 0 spiro atoms. The zero-order valence-corrected chi connectivity index (χ0v) is 10.8. The van der Waals surface area contributed by atoms with Crippen LogP contribution >= 0.6 is 11.3 Å². The topological polar surface area (TPSA) is 82.0 Å². The summed E-state index contributed by atoms with van der Waals surface area (Å²) in [6.45, 7) is 1.60. The fourth-order valence-electron chi connectivity index (χ4n) is 1.75. The lowest BCUT2D eigenvalue weighted by Crippen LogP contribution is -2.45. The maximum atomic E-state index is 12.0. The fourth-order valence-corrected chi connectivity index (χ4v) is 4.14. The first-order chi connectivity index (χ1) is 8.12. The molecule has 1 aliphatic rings. The summed E-state index contributed by atoms with van der Waals surface area (Å²) < 4.78 is 26.9. The molecule has 92 valence electrons. The van der Waals surface area contributed by atoms with E-state index in [2.05, 4.69) is 10.0 Å². The lowest BCUT2D eigenvalue weighted by atomic mass is 10.1. The van der Waals surface area contributed by atoms with E-state index >= 15 is 0 Å². The zero-order valence-electron chi connectivity index (χ0n) is 9.14. The van der Waals surface area contributed by atoms with Crippen LogP contribution < -0.4 is 10.0 Å². The summed E-state index contributed by atoms with van der Waals surface area (Å²) in [6, 6.07) is 4.88. The Bertz CT molecular complexity index is 524. The van der Waals surface area contributed by atoms with Crippen molar-refractivity contribution in [3.8, 4) is 6.07 Å². The maximum Gasteiger partial charge on any atom is 0.250 e. The Kier molecular flexibility index (Phi) is 3.79. The van der Waals surface area contributed by atoms with E-state index in [9.17, 15) is 8.42 Å². The van der Waals surface area contributed by atoms with E-state index in [1.54, 1.807) is 0 Å². The van der Waals surface area contributed by atoms with Crippen LogP contribution in [0.1, 0.15) is 17.7 Å². The average Bonchev–Trinajstić information content (AvgIpc) is 2.79. The van der Waals surface area contributed by atoms with Crippen LogP contribution in [-0.4, -0.2) is 27.5 Å². The Labute approximate surface area is 105 Å². The van der Waals surface area contributed by atoms with E-state index in [4.69, 9.17) is 5.26 Å². The van der Waals surface area contributed by atoms with Gasteiger partial charge in [-0.1, -0.05) is 0 Å². The standard InChI is InChI=1S/C10H13N3O2S2/c11-6-9-3-4-10(16-9)17(14,15)13-8-2-1-5-12-7-8/h3-4,8,12-13H,1-2,5,7H2/t8-/m0/s1. The van der Waals surface area contributed by atoms with E-state index < -0.39 is 10.0 Å². The van der Waals surface area contributed by atoms with Crippen LogP contribution in [0, 0.1) is 11.3 Å². The number of piperidine rings is 1. The van der Waals surface area contributed by atoms with Crippen molar-refractivity contribution in [1.82, 2.24) is 10.0 Å². The summed E-state index contributed by atoms with van der Waals surface area (Å²) in [5.74, 6) is 0. The zero-order chi connectivity index (χ0) is 12.3. The van der Waals surface area contributed by atoms with Crippen LogP contribution in [0.25, 0.3) is 0 Å². The molecular formula is C10H13N3O2S2. The minimum atomic E-state index is -3.47. The van der Waals surface area contributed by atoms with Gasteiger partial charge in [-0.25, -0.2) is 13.1 Å². The number of hydrogen-bond donors (Lipinski definition) is 2. The van der Waals surface area contributed by atoms with Gasteiger partial charge in [0.25, 0.3) is 0 Å². The minimum absolute atomic E-state index is 0.0543. The number of hydrogen-bond acceptors (Lipinski definition) is 5. The summed E-state index contributed by atoms with van der Waals surface area (Å²) in [7, 11) is -3.47. The van der Waals surface area contributed by atoms with Crippen LogP contribution in [0.4, 0.5) is 0 Å². The van der Waals surface area contributed by atoms with E-state index in [-0.39, 0.29) is 10.3 Å². The van der Waals surface area contributed by atoms with Gasteiger partial charge in [-0.3, -0.25) is 0 Å². The maximum absolute atomic E-state index is 12.0. The summed E-state index contributed by atoms with van der Waals surface area (Å²) in [5.41, 5.74) is 0. The van der Waals surface area contributed by atoms with E-state index in [1.807, 2.05) is 6.07 Å². The lowest BCUT2D eigenvalue weighted by molar-refractivity contribution is 0.429. The summed E-state index contributed by atoms with van der Waals surface area (Å²) in [6.07, 6.45) is 1.82. The highest BCUT2D eigenvalue weighted by Gasteiger charge is 2.22. The molecule has 0 aromatic carbocycles. The molecule has 7 heteroatoms. The third kappa shape index (κ3) is 3.04. The second kappa shape index (κ2) is 5.14. The second-order valence-electron chi connectivity index (χ2n) is 3.90. The Morgan fingerprint density at radius 2 is 2.35 bits per heavy atom. The van der Waals surface area contributed by atoms with Gasteiger partial charge in [-0.15, -0.1) is 11.3 Å². The number of nitrogens with one attached hydrogen (secondary N) is 2. The van der Waals surface area contributed by atoms with Gasteiger partial charge in [-0.2, -0.15) is 5.26 Å². The molecule has 0 saturated carbocycles. The normalized spacial score (nSPS) is 21.0. The Morgan fingerprint density at radius 3 is 2.94 bits per heavy atom. The van der Waals surface area contributed by atoms with Crippen molar-refractivity contribution in [3.05, 3.63) is 17.0 Å². The molecule has 0 unspecified atom stereocenters. The number of nitriles is 1. The largest absolute Gasteiger partial charge is 0.315 e. The van der Waals surface area contributed by atoms with Gasteiger partial charge in [-0.05, 0) is 31.5 Å². The average molecular weight is 271 g/mol. The second-order valence-corrected chi connectivity index (χ2v) is 6.92. The molecule has 17 heavy (non-hydrogen) atoms. The first-order valence-electron chi connectivity index (χ1n) is 5.35. The smallest absolute Gasteiger partial charge is 0.250 e. The molecule has 1 atom stereocenters. The van der Waals surface area contributed by atoms with Gasteiger partial charge in [0.2, 0.25) is 10.0 Å². The SMILES string of the molecule is N#Cc1ccc(S(=O)(=O)N[C@H]2CCCNC2)s1. The molecule has 0 radical (unpaired) electrons.